The van der Waals surface area contributed by atoms with Gasteiger partial charge < -0.3 is 9.84 Å². The first-order valence-corrected chi connectivity index (χ1v) is 4.55. The number of nitrogens with zero attached hydrogens (tertiary/aromatic N) is 3. The number of hydrogen-bond donors (Lipinski definition) is 1. The highest BCUT2D eigenvalue weighted by atomic mass is 35.5. The number of aliphatic hydroxyl groups is 1. The summed E-state index contributed by atoms with van der Waals surface area (Å²) in [6.07, 6.45) is 0. The predicted molar refractivity (Wildman–Crippen MR) is 51.6 cm³/mol. The lowest BCUT2D eigenvalue weighted by molar-refractivity contribution is 0.0329. The van der Waals surface area contributed by atoms with E-state index in [1.54, 1.807) is 13.8 Å². The summed E-state index contributed by atoms with van der Waals surface area (Å²) in [5.41, 5.74) is -0.784. The van der Waals surface area contributed by atoms with Crippen molar-refractivity contribution < 1.29 is 9.84 Å². The molecule has 0 saturated heterocycles. The Morgan fingerprint density at radius 2 is 1.71 bits per heavy atom. The summed E-state index contributed by atoms with van der Waals surface area (Å²) in [5.74, 6) is 0. The molecule has 0 amide bonds. The van der Waals surface area contributed by atoms with E-state index in [0.29, 0.717) is 0 Å². The molecule has 1 rings (SSSR count). The van der Waals surface area contributed by atoms with Crippen molar-refractivity contribution in [3.8, 4) is 6.01 Å². The maximum atomic E-state index is 8.93. The quantitative estimate of drug-likeness (QED) is 0.860. The minimum Gasteiger partial charge on any atom is -0.455 e. The molecule has 14 heavy (non-hydrogen) atoms. The largest absolute Gasteiger partial charge is 0.455 e. The number of aromatic nitrogens is 3. The maximum absolute atomic E-state index is 8.93. The van der Waals surface area contributed by atoms with Gasteiger partial charge in [-0.15, -0.1) is 0 Å². The number of ether oxygens (including phenoxy) is 1. The second-order valence-electron chi connectivity index (χ2n) is 3.18. The molecule has 5 nitrogen and oxygen atoms in total. The lowest BCUT2D eigenvalue weighted by Crippen LogP contribution is -2.33. The highest BCUT2D eigenvalue weighted by Gasteiger charge is 2.20. The van der Waals surface area contributed by atoms with Gasteiger partial charge in [0.05, 0.1) is 6.61 Å². The summed E-state index contributed by atoms with van der Waals surface area (Å²) in [5, 5.41) is 8.84. The first kappa shape index (κ1) is 11.4. The molecule has 1 aromatic heterocycles. The van der Waals surface area contributed by atoms with Crippen LogP contribution in [0.1, 0.15) is 13.8 Å². The van der Waals surface area contributed by atoms with E-state index in [4.69, 9.17) is 33.0 Å². The van der Waals surface area contributed by atoms with Gasteiger partial charge in [0.25, 0.3) is 0 Å². The zero-order chi connectivity index (χ0) is 10.8. The Labute approximate surface area is 91.1 Å². The van der Waals surface area contributed by atoms with Gasteiger partial charge in [-0.1, -0.05) is 0 Å². The topological polar surface area (TPSA) is 68.1 Å². The molecule has 0 aromatic carbocycles. The second-order valence-corrected chi connectivity index (χ2v) is 3.85. The number of aliphatic hydroxyl groups excluding tert-OH is 1. The number of halogens is 2. The molecule has 0 atom stereocenters. The Hall–Kier alpha value is -0.650. The van der Waals surface area contributed by atoms with E-state index in [2.05, 4.69) is 15.0 Å². The summed E-state index contributed by atoms with van der Waals surface area (Å²) < 4.78 is 5.23. The van der Waals surface area contributed by atoms with Crippen molar-refractivity contribution in [2.45, 2.75) is 19.4 Å². The van der Waals surface area contributed by atoms with Crippen LogP contribution in [0.2, 0.25) is 10.6 Å². The molecule has 7 heteroatoms. The normalized spacial score (nSPS) is 11.5. The van der Waals surface area contributed by atoms with Gasteiger partial charge in [0.1, 0.15) is 5.60 Å². The molecule has 78 valence electrons. The van der Waals surface area contributed by atoms with Crippen LogP contribution in [0, 0.1) is 0 Å². The first-order chi connectivity index (χ1) is 6.43. The molecule has 0 aliphatic carbocycles. The van der Waals surface area contributed by atoms with E-state index in [1.165, 1.54) is 0 Å². The summed E-state index contributed by atoms with van der Waals surface area (Å²) in [7, 11) is 0. The van der Waals surface area contributed by atoms with Gasteiger partial charge in [0.2, 0.25) is 10.6 Å². The van der Waals surface area contributed by atoms with E-state index >= 15 is 0 Å². The summed E-state index contributed by atoms with van der Waals surface area (Å²) in [4.78, 5) is 10.9. The van der Waals surface area contributed by atoms with Gasteiger partial charge in [-0.05, 0) is 37.0 Å². The van der Waals surface area contributed by atoms with Gasteiger partial charge in [-0.2, -0.15) is 15.0 Å². The average molecular weight is 238 g/mol. The van der Waals surface area contributed by atoms with Crippen molar-refractivity contribution in [3.05, 3.63) is 10.6 Å². The maximum Gasteiger partial charge on any atom is 0.322 e. The molecule has 1 heterocycles. The summed E-state index contributed by atoms with van der Waals surface area (Å²) >= 11 is 11.1. The fourth-order valence-electron chi connectivity index (χ4n) is 0.634. The van der Waals surface area contributed by atoms with Crippen molar-refractivity contribution in [2.75, 3.05) is 6.61 Å². The molecule has 0 radical (unpaired) electrons. The molecule has 0 aliphatic rings. The molecular formula is C7H9Cl2N3O2. The minimum atomic E-state index is -0.784. The molecule has 0 bridgehead atoms. The Morgan fingerprint density at radius 3 is 2.14 bits per heavy atom. The lowest BCUT2D eigenvalue weighted by atomic mass is 10.2. The fraction of sp³-hybridized carbons (Fsp3) is 0.571. The van der Waals surface area contributed by atoms with Crippen LogP contribution >= 0.6 is 23.2 Å². The Kier molecular flexibility index (Phi) is 3.47. The van der Waals surface area contributed by atoms with Crippen LogP contribution in [0.3, 0.4) is 0 Å². The van der Waals surface area contributed by atoms with Crippen molar-refractivity contribution in [1.29, 1.82) is 0 Å². The standard InChI is InChI=1S/C7H9Cl2N3O2/c1-7(2,3-13)14-6-11-4(8)10-5(9)12-6/h13H,3H2,1-2H3. The monoisotopic (exact) mass is 237 g/mol. The van der Waals surface area contributed by atoms with Crippen LogP contribution in [0.5, 0.6) is 6.01 Å². The molecule has 0 fully saturated rings. The SMILES string of the molecule is CC(C)(CO)Oc1nc(Cl)nc(Cl)n1. The Balaban J connectivity index is 2.87. The summed E-state index contributed by atoms with van der Waals surface area (Å²) in [6.45, 7) is 3.19. The van der Waals surface area contributed by atoms with Gasteiger partial charge in [-0.25, -0.2) is 0 Å². The third kappa shape index (κ3) is 3.25. The zero-order valence-electron chi connectivity index (χ0n) is 7.66. The highest BCUT2D eigenvalue weighted by Crippen LogP contribution is 2.16. The molecule has 1 aromatic rings. The van der Waals surface area contributed by atoms with Gasteiger partial charge >= 0.3 is 6.01 Å². The van der Waals surface area contributed by atoms with E-state index in [9.17, 15) is 0 Å². The molecule has 0 saturated carbocycles. The number of rotatable bonds is 3. The fourth-order valence-corrected chi connectivity index (χ4v) is 0.982. The van der Waals surface area contributed by atoms with Crippen molar-refractivity contribution in [1.82, 2.24) is 15.0 Å². The summed E-state index contributed by atoms with van der Waals surface area (Å²) in [6, 6.07) is -0.00551. The molecule has 0 spiro atoms. The van der Waals surface area contributed by atoms with Crippen molar-refractivity contribution >= 4 is 23.2 Å². The predicted octanol–water partition coefficient (Wildman–Crippen LogP) is 1.33. The van der Waals surface area contributed by atoms with Crippen LogP contribution in [-0.2, 0) is 0 Å². The Morgan fingerprint density at radius 1 is 1.21 bits per heavy atom. The second kappa shape index (κ2) is 4.25. The van der Waals surface area contributed by atoms with Gasteiger partial charge in [0.15, 0.2) is 0 Å². The molecule has 0 unspecified atom stereocenters. The molecular weight excluding hydrogens is 229 g/mol. The third-order valence-electron chi connectivity index (χ3n) is 1.31. The van der Waals surface area contributed by atoms with Crippen LogP contribution in [-0.4, -0.2) is 32.3 Å². The highest BCUT2D eigenvalue weighted by molar-refractivity contribution is 6.31. The van der Waals surface area contributed by atoms with E-state index in [1.807, 2.05) is 0 Å². The first-order valence-electron chi connectivity index (χ1n) is 3.80. The van der Waals surface area contributed by atoms with E-state index < -0.39 is 5.60 Å². The average Bonchev–Trinajstić information content (AvgIpc) is 2.01. The Bertz CT molecular complexity index is 312. The minimum absolute atomic E-state index is 0.00551. The van der Waals surface area contributed by atoms with Gasteiger partial charge in [-0.3, -0.25) is 0 Å². The molecule has 0 aliphatic heterocycles. The van der Waals surface area contributed by atoms with E-state index in [-0.39, 0.29) is 23.2 Å². The van der Waals surface area contributed by atoms with Crippen LogP contribution in [0.25, 0.3) is 0 Å². The van der Waals surface area contributed by atoms with Crippen molar-refractivity contribution in [2.24, 2.45) is 0 Å². The van der Waals surface area contributed by atoms with Crippen LogP contribution < -0.4 is 4.74 Å². The van der Waals surface area contributed by atoms with Crippen molar-refractivity contribution in [3.63, 3.8) is 0 Å². The number of hydrogen-bond acceptors (Lipinski definition) is 5. The molecule has 1 N–H and O–H groups in total. The van der Waals surface area contributed by atoms with E-state index in [0.717, 1.165) is 0 Å². The van der Waals surface area contributed by atoms with Gasteiger partial charge in [0, 0.05) is 0 Å². The smallest absolute Gasteiger partial charge is 0.322 e. The lowest BCUT2D eigenvalue weighted by Gasteiger charge is -2.21. The zero-order valence-corrected chi connectivity index (χ0v) is 9.17. The third-order valence-corrected chi connectivity index (χ3v) is 1.65. The van der Waals surface area contributed by atoms with Crippen LogP contribution in [0.4, 0.5) is 0 Å². The van der Waals surface area contributed by atoms with Crippen LogP contribution in [0.15, 0.2) is 0 Å².